The number of piperidine rings is 1. The Balaban J connectivity index is 1.55. The van der Waals surface area contributed by atoms with Crippen molar-refractivity contribution in [3.8, 4) is 17.6 Å². The molecular formula is C33H39F3N6O5. The average Bonchev–Trinajstić information content (AvgIpc) is 3.39. The number of benzene rings is 2. The number of fused-ring (bicyclic) bond motifs is 1. The van der Waals surface area contributed by atoms with Crippen LogP contribution in [0.3, 0.4) is 0 Å². The summed E-state index contributed by atoms with van der Waals surface area (Å²) in [7, 11) is 2.99. The fourth-order valence-corrected chi connectivity index (χ4v) is 5.23. The molecule has 2 atom stereocenters. The molecule has 1 unspecified atom stereocenters. The number of ether oxygens (including phenoxy) is 2. The largest absolute Gasteiger partial charge is 0.495 e. The molecule has 1 aliphatic heterocycles. The molecule has 0 aliphatic carbocycles. The molecule has 1 aromatic heterocycles. The summed E-state index contributed by atoms with van der Waals surface area (Å²) in [6, 6.07) is 7.57. The first-order chi connectivity index (χ1) is 22.1. The number of carbonyl (C=O) groups excluding carboxylic acids is 3. The summed E-state index contributed by atoms with van der Waals surface area (Å²) >= 11 is 0. The van der Waals surface area contributed by atoms with Gasteiger partial charge in [0.1, 0.15) is 23.4 Å². The van der Waals surface area contributed by atoms with Crippen LogP contribution in [0.15, 0.2) is 36.7 Å². The number of hydrogen-bond donors (Lipinski definition) is 3. The Morgan fingerprint density at radius 3 is 2.49 bits per heavy atom. The number of nitrogens with one attached hydrogen (secondary N) is 3. The van der Waals surface area contributed by atoms with Crippen molar-refractivity contribution in [1.82, 2.24) is 25.1 Å². The fraction of sp³-hybridized carbons (Fsp3) is 0.455. The van der Waals surface area contributed by atoms with E-state index in [4.69, 9.17) is 9.47 Å². The van der Waals surface area contributed by atoms with Crippen molar-refractivity contribution < 1.29 is 37.0 Å². The number of halogens is 3. The SMILES string of the molecule is CNC(=O)c1ccc(NCC#Cc2cc(C(=O)NC3CCN(C(=O)OC(C)(C)C)C[C@@H]3C)c3ncn(CC(F)(F)F)c3c2)c(OC)c1. The lowest BCUT2D eigenvalue weighted by Gasteiger charge is -2.37. The van der Waals surface area contributed by atoms with Gasteiger partial charge < -0.3 is 34.9 Å². The molecule has 1 fully saturated rings. The number of anilines is 1. The van der Waals surface area contributed by atoms with E-state index in [1.165, 1.54) is 26.3 Å². The lowest BCUT2D eigenvalue weighted by atomic mass is 9.93. The average molecular weight is 657 g/mol. The molecule has 47 heavy (non-hydrogen) atoms. The number of hydrogen-bond acceptors (Lipinski definition) is 7. The van der Waals surface area contributed by atoms with Crippen molar-refractivity contribution in [2.45, 2.75) is 58.5 Å². The molecule has 0 bridgehead atoms. The van der Waals surface area contributed by atoms with Gasteiger partial charge in [-0.2, -0.15) is 13.2 Å². The van der Waals surface area contributed by atoms with Gasteiger partial charge in [0.05, 0.1) is 36.7 Å². The zero-order chi connectivity index (χ0) is 34.5. The van der Waals surface area contributed by atoms with Crippen molar-refractivity contribution >= 4 is 34.6 Å². The predicted octanol–water partition coefficient (Wildman–Crippen LogP) is 4.81. The number of nitrogens with zero attached hydrogens (tertiary/aromatic N) is 3. The molecule has 1 saturated heterocycles. The Kier molecular flexibility index (Phi) is 10.6. The molecule has 0 spiro atoms. The lowest BCUT2D eigenvalue weighted by molar-refractivity contribution is -0.140. The standard InChI is InChI=1S/C33H39F3N6O5/c1-20-17-41(31(45)47-32(2,3)4)13-11-24(20)40-30(44)23-14-21(15-26-28(23)39-19-42(26)18-33(34,35)36)8-7-12-38-25-10-9-22(29(43)37-5)16-27(25)46-6/h9-10,14-16,19-20,24,38H,11-13,17-18H2,1-6H3,(H,37,43)(H,40,44)/t20-,24?/m0/s1. The maximum atomic E-state index is 13.6. The third-order valence-electron chi connectivity index (χ3n) is 7.48. The Hall–Kier alpha value is -4.93. The van der Waals surface area contributed by atoms with E-state index < -0.39 is 30.3 Å². The van der Waals surface area contributed by atoms with Gasteiger partial charge in [-0.3, -0.25) is 9.59 Å². The normalized spacial score (nSPS) is 16.6. The smallest absolute Gasteiger partial charge is 0.410 e. The van der Waals surface area contributed by atoms with E-state index in [0.29, 0.717) is 42.1 Å². The molecule has 3 N–H and O–H groups in total. The van der Waals surface area contributed by atoms with E-state index in [9.17, 15) is 27.6 Å². The van der Waals surface area contributed by atoms with Gasteiger partial charge in [0.25, 0.3) is 11.8 Å². The maximum absolute atomic E-state index is 13.6. The highest BCUT2D eigenvalue weighted by Gasteiger charge is 2.33. The molecule has 11 nitrogen and oxygen atoms in total. The van der Waals surface area contributed by atoms with Crippen LogP contribution < -0.4 is 20.7 Å². The van der Waals surface area contributed by atoms with Crippen LogP contribution in [0, 0.1) is 17.8 Å². The van der Waals surface area contributed by atoms with E-state index in [2.05, 4.69) is 32.8 Å². The van der Waals surface area contributed by atoms with Crippen molar-refractivity contribution in [3.05, 3.63) is 53.3 Å². The summed E-state index contributed by atoms with van der Waals surface area (Å²) in [4.78, 5) is 43.9. The molecule has 3 aromatic rings. The number of rotatable bonds is 7. The molecule has 14 heteroatoms. The highest BCUT2D eigenvalue weighted by Crippen LogP contribution is 2.27. The fourth-order valence-electron chi connectivity index (χ4n) is 5.23. The summed E-state index contributed by atoms with van der Waals surface area (Å²) in [5.41, 5.74) is 1.01. The summed E-state index contributed by atoms with van der Waals surface area (Å²) in [6.07, 6.45) is -3.40. The highest BCUT2D eigenvalue weighted by molar-refractivity contribution is 6.05. The highest BCUT2D eigenvalue weighted by atomic mass is 19.4. The molecule has 252 valence electrons. The quantitative estimate of drug-likeness (QED) is 0.312. The Bertz CT molecular complexity index is 1700. The van der Waals surface area contributed by atoms with E-state index in [-0.39, 0.29) is 41.0 Å². The van der Waals surface area contributed by atoms with Gasteiger partial charge in [-0.05, 0) is 63.4 Å². The molecule has 0 saturated carbocycles. The first-order valence-electron chi connectivity index (χ1n) is 15.1. The van der Waals surface area contributed by atoms with Crippen LogP contribution in [0.2, 0.25) is 0 Å². The van der Waals surface area contributed by atoms with E-state index in [1.54, 1.807) is 43.9 Å². The van der Waals surface area contributed by atoms with Gasteiger partial charge in [-0.1, -0.05) is 18.8 Å². The zero-order valence-corrected chi connectivity index (χ0v) is 27.2. The Labute approximate surface area is 271 Å². The van der Waals surface area contributed by atoms with Crippen molar-refractivity contribution in [2.24, 2.45) is 5.92 Å². The van der Waals surface area contributed by atoms with E-state index in [1.807, 2.05) is 6.92 Å². The first kappa shape index (κ1) is 34.9. The summed E-state index contributed by atoms with van der Waals surface area (Å²) in [5, 5.41) is 8.64. The number of methoxy groups -OCH3 is 1. The number of likely N-dealkylation sites (tertiary alicyclic amines) is 1. The van der Waals surface area contributed by atoms with Crippen LogP contribution in [-0.4, -0.2) is 84.0 Å². The van der Waals surface area contributed by atoms with Gasteiger partial charge in [0, 0.05) is 37.3 Å². The van der Waals surface area contributed by atoms with Crippen LogP contribution >= 0.6 is 0 Å². The van der Waals surface area contributed by atoms with E-state index in [0.717, 1.165) is 10.9 Å². The number of amides is 3. The molecule has 4 rings (SSSR count). The number of aromatic nitrogens is 2. The second kappa shape index (κ2) is 14.2. The summed E-state index contributed by atoms with van der Waals surface area (Å²) < 4.78 is 51.9. The molecule has 0 radical (unpaired) electrons. The minimum Gasteiger partial charge on any atom is -0.495 e. The first-order valence-corrected chi connectivity index (χ1v) is 15.1. The van der Waals surface area contributed by atoms with Gasteiger partial charge in [-0.15, -0.1) is 0 Å². The monoisotopic (exact) mass is 656 g/mol. The molecule has 1 aliphatic rings. The number of alkyl halides is 3. The third kappa shape index (κ3) is 9.08. The molecule has 2 heterocycles. The van der Waals surface area contributed by atoms with Gasteiger partial charge in [0.15, 0.2) is 0 Å². The lowest BCUT2D eigenvalue weighted by Crippen LogP contribution is -2.52. The second-order valence-electron chi connectivity index (χ2n) is 12.3. The molecular weight excluding hydrogens is 617 g/mol. The summed E-state index contributed by atoms with van der Waals surface area (Å²) in [5.74, 6) is 5.40. The minimum absolute atomic E-state index is 0.0916. The molecule has 2 aromatic carbocycles. The Morgan fingerprint density at radius 2 is 1.85 bits per heavy atom. The van der Waals surface area contributed by atoms with Gasteiger partial charge in [-0.25, -0.2) is 9.78 Å². The molecule has 3 amide bonds. The number of imidazole rings is 1. The summed E-state index contributed by atoms with van der Waals surface area (Å²) in [6.45, 7) is 6.87. The number of carbonyl (C=O) groups is 3. The minimum atomic E-state index is -4.51. The van der Waals surface area contributed by atoms with E-state index >= 15 is 0 Å². The third-order valence-corrected chi connectivity index (χ3v) is 7.48. The Morgan fingerprint density at radius 1 is 1.11 bits per heavy atom. The predicted molar refractivity (Wildman–Crippen MR) is 170 cm³/mol. The van der Waals surface area contributed by atoms with Crippen molar-refractivity contribution in [2.75, 3.05) is 39.1 Å². The van der Waals surface area contributed by atoms with Gasteiger partial charge >= 0.3 is 12.3 Å². The zero-order valence-electron chi connectivity index (χ0n) is 27.2. The van der Waals surface area contributed by atoms with Gasteiger partial charge in [0.2, 0.25) is 0 Å². The van der Waals surface area contributed by atoms with Crippen LogP contribution in [0.25, 0.3) is 11.0 Å². The van der Waals surface area contributed by atoms with Crippen LogP contribution in [0.1, 0.15) is 60.4 Å². The van der Waals surface area contributed by atoms with Crippen LogP contribution in [-0.2, 0) is 11.3 Å². The maximum Gasteiger partial charge on any atom is 0.410 e. The van der Waals surface area contributed by atoms with Crippen molar-refractivity contribution in [1.29, 1.82) is 0 Å². The second-order valence-corrected chi connectivity index (χ2v) is 12.3. The van der Waals surface area contributed by atoms with Crippen LogP contribution in [0.4, 0.5) is 23.7 Å². The van der Waals surface area contributed by atoms with Crippen molar-refractivity contribution in [3.63, 3.8) is 0 Å². The topological polar surface area (TPSA) is 127 Å². The van der Waals surface area contributed by atoms with Crippen LogP contribution in [0.5, 0.6) is 5.75 Å².